The summed E-state index contributed by atoms with van der Waals surface area (Å²) in [5.41, 5.74) is 2.86. The van der Waals surface area contributed by atoms with E-state index >= 15 is 0 Å². The molecule has 6 nitrogen and oxygen atoms in total. The number of nitrogens with one attached hydrogen (secondary N) is 1. The number of pyridine rings is 1. The van der Waals surface area contributed by atoms with Crippen molar-refractivity contribution in [1.82, 2.24) is 10.3 Å². The summed E-state index contributed by atoms with van der Waals surface area (Å²) in [6, 6.07) is 15.0. The second-order valence-electron chi connectivity index (χ2n) is 7.02. The molecule has 2 heterocycles. The van der Waals surface area contributed by atoms with Crippen LogP contribution < -0.4 is 9.62 Å². The van der Waals surface area contributed by atoms with Crippen LogP contribution in [0, 0.1) is 0 Å². The van der Waals surface area contributed by atoms with Gasteiger partial charge in [-0.3, -0.25) is 14.1 Å². The molecule has 30 heavy (non-hydrogen) atoms. The zero-order valence-corrected chi connectivity index (χ0v) is 17.7. The molecule has 1 aliphatic rings. The van der Waals surface area contributed by atoms with E-state index in [0.29, 0.717) is 42.2 Å². The first-order valence-electron chi connectivity index (χ1n) is 9.53. The van der Waals surface area contributed by atoms with Crippen molar-refractivity contribution in [1.29, 1.82) is 0 Å². The number of carbonyl (C=O) groups excluding carboxylic acids is 1. The minimum Gasteiger partial charge on any atom is -0.348 e. The van der Waals surface area contributed by atoms with Gasteiger partial charge in [0.1, 0.15) is 0 Å². The van der Waals surface area contributed by atoms with Gasteiger partial charge in [0.25, 0.3) is 15.9 Å². The van der Waals surface area contributed by atoms with E-state index in [2.05, 4.69) is 10.3 Å². The quantitative estimate of drug-likeness (QED) is 0.653. The van der Waals surface area contributed by atoms with Gasteiger partial charge in [-0.05, 0) is 72.5 Å². The number of amides is 1. The second-order valence-corrected chi connectivity index (χ2v) is 9.32. The van der Waals surface area contributed by atoms with Gasteiger partial charge in [0, 0.05) is 36.1 Å². The van der Waals surface area contributed by atoms with Crippen molar-refractivity contribution in [3.05, 3.63) is 88.7 Å². The summed E-state index contributed by atoms with van der Waals surface area (Å²) in [5, 5.41) is 3.35. The lowest BCUT2D eigenvalue weighted by atomic mass is 10.0. The predicted molar refractivity (Wildman–Crippen MR) is 116 cm³/mol. The molecular weight excluding hydrogens is 422 g/mol. The van der Waals surface area contributed by atoms with Gasteiger partial charge < -0.3 is 5.32 Å². The summed E-state index contributed by atoms with van der Waals surface area (Å²) in [5.74, 6) is -0.209. The van der Waals surface area contributed by atoms with Gasteiger partial charge in [-0.2, -0.15) is 0 Å². The van der Waals surface area contributed by atoms with Gasteiger partial charge in [0.2, 0.25) is 0 Å². The van der Waals surface area contributed by atoms with Crippen LogP contribution in [0.15, 0.2) is 71.9 Å². The van der Waals surface area contributed by atoms with Crippen molar-refractivity contribution in [3.63, 3.8) is 0 Å². The number of halogens is 1. The van der Waals surface area contributed by atoms with Crippen LogP contribution >= 0.6 is 11.6 Å². The van der Waals surface area contributed by atoms with Gasteiger partial charge >= 0.3 is 0 Å². The molecule has 0 radical (unpaired) electrons. The lowest BCUT2D eigenvalue weighted by molar-refractivity contribution is 0.0951. The molecule has 2 aromatic carbocycles. The zero-order chi connectivity index (χ0) is 21.1. The summed E-state index contributed by atoms with van der Waals surface area (Å²) in [6.45, 7) is 0.769. The molecule has 1 aromatic heterocycles. The van der Waals surface area contributed by atoms with Crippen molar-refractivity contribution in [2.24, 2.45) is 0 Å². The first kappa shape index (κ1) is 20.4. The maximum absolute atomic E-state index is 13.1. The fourth-order valence-electron chi connectivity index (χ4n) is 3.47. The van der Waals surface area contributed by atoms with Crippen LogP contribution in [-0.2, 0) is 23.0 Å². The Morgan fingerprint density at radius 2 is 1.93 bits per heavy atom. The minimum absolute atomic E-state index is 0.193. The van der Waals surface area contributed by atoms with Gasteiger partial charge in [-0.1, -0.05) is 17.7 Å². The molecule has 1 amide bonds. The number of carbonyl (C=O) groups is 1. The Labute approximate surface area is 180 Å². The Morgan fingerprint density at radius 3 is 2.67 bits per heavy atom. The minimum atomic E-state index is -3.70. The van der Waals surface area contributed by atoms with E-state index in [1.54, 1.807) is 42.7 Å². The smallest absolute Gasteiger partial charge is 0.264 e. The first-order valence-corrected chi connectivity index (χ1v) is 11.4. The SMILES string of the molecule is O=C(NCc1cccnc1)c1ccc2c(c1)CCCN2S(=O)(=O)c1ccc(Cl)cc1. The molecule has 1 aliphatic heterocycles. The third kappa shape index (κ3) is 4.17. The first-order chi connectivity index (χ1) is 14.4. The molecule has 3 aromatic rings. The van der Waals surface area contributed by atoms with E-state index < -0.39 is 10.0 Å². The molecule has 0 spiro atoms. The van der Waals surface area contributed by atoms with E-state index in [4.69, 9.17) is 11.6 Å². The molecule has 0 aliphatic carbocycles. The highest BCUT2D eigenvalue weighted by Gasteiger charge is 2.29. The molecule has 4 rings (SSSR count). The molecule has 0 fully saturated rings. The standard InChI is InChI=1S/C22H20ClN3O3S/c23-19-6-8-20(9-7-19)30(28,29)26-12-2-4-17-13-18(5-10-21(17)26)22(27)25-15-16-3-1-11-24-14-16/h1,3,5-11,13-14H,2,4,12,15H2,(H,25,27). The Kier molecular flexibility index (Phi) is 5.74. The third-order valence-corrected chi connectivity index (χ3v) is 7.07. The summed E-state index contributed by atoms with van der Waals surface area (Å²) in [4.78, 5) is 16.8. The largest absolute Gasteiger partial charge is 0.348 e. The molecule has 0 atom stereocenters. The highest BCUT2D eigenvalue weighted by molar-refractivity contribution is 7.92. The van der Waals surface area contributed by atoms with Crippen LogP contribution in [-0.4, -0.2) is 25.9 Å². The highest BCUT2D eigenvalue weighted by atomic mass is 35.5. The number of anilines is 1. The van der Waals surface area contributed by atoms with E-state index in [1.807, 2.05) is 12.1 Å². The van der Waals surface area contributed by atoms with Crippen LogP contribution in [0.3, 0.4) is 0 Å². The maximum Gasteiger partial charge on any atom is 0.264 e. The molecule has 0 saturated heterocycles. The average molecular weight is 442 g/mol. The Hall–Kier alpha value is -2.90. The lowest BCUT2D eigenvalue weighted by Crippen LogP contribution is -2.35. The second kappa shape index (κ2) is 8.45. The van der Waals surface area contributed by atoms with Crippen molar-refractivity contribution < 1.29 is 13.2 Å². The maximum atomic E-state index is 13.1. The van der Waals surface area contributed by atoms with Crippen LogP contribution in [0.5, 0.6) is 0 Å². The van der Waals surface area contributed by atoms with Gasteiger partial charge in [0.05, 0.1) is 10.6 Å². The Morgan fingerprint density at radius 1 is 1.13 bits per heavy atom. The molecule has 0 bridgehead atoms. The van der Waals surface area contributed by atoms with Crippen molar-refractivity contribution in [2.75, 3.05) is 10.8 Å². The number of sulfonamides is 1. The number of nitrogens with zero attached hydrogens (tertiary/aromatic N) is 2. The van der Waals surface area contributed by atoms with Crippen molar-refractivity contribution >= 4 is 33.2 Å². The molecule has 1 N–H and O–H groups in total. The van der Waals surface area contributed by atoms with E-state index in [0.717, 1.165) is 11.1 Å². The number of hydrogen-bond donors (Lipinski definition) is 1. The molecule has 0 unspecified atom stereocenters. The van der Waals surface area contributed by atoms with Gasteiger partial charge in [0.15, 0.2) is 0 Å². The van der Waals surface area contributed by atoms with Crippen LogP contribution in [0.2, 0.25) is 5.02 Å². The van der Waals surface area contributed by atoms with Gasteiger partial charge in [-0.25, -0.2) is 8.42 Å². The molecule has 8 heteroatoms. The van der Waals surface area contributed by atoms with Crippen LogP contribution in [0.4, 0.5) is 5.69 Å². The monoisotopic (exact) mass is 441 g/mol. The third-order valence-electron chi connectivity index (χ3n) is 5.00. The number of fused-ring (bicyclic) bond motifs is 1. The highest BCUT2D eigenvalue weighted by Crippen LogP contribution is 2.33. The number of hydrogen-bond acceptors (Lipinski definition) is 4. The Balaban J connectivity index is 1.56. The summed E-state index contributed by atoms with van der Waals surface area (Å²) >= 11 is 5.89. The number of rotatable bonds is 5. The fourth-order valence-corrected chi connectivity index (χ4v) is 5.14. The Bertz CT molecular complexity index is 1170. The average Bonchev–Trinajstić information content (AvgIpc) is 2.77. The summed E-state index contributed by atoms with van der Waals surface area (Å²) in [7, 11) is -3.70. The van der Waals surface area contributed by atoms with Gasteiger partial charge in [-0.15, -0.1) is 0 Å². The molecular formula is C22H20ClN3O3S. The lowest BCUT2D eigenvalue weighted by Gasteiger charge is -2.30. The fraction of sp³-hybridized carbons (Fsp3) is 0.182. The number of benzene rings is 2. The predicted octanol–water partition coefficient (Wildman–Crippen LogP) is 3.81. The molecule has 0 saturated carbocycles. The normalized spacial score (nSPS) is 13.6. The van der Waals surface area contributed by atoms with E-state index in [1.165, 1.54) is 16.4 Å². The summed E-state index contributed by atoms with van der Waals surface area (Å²) in [6.07, 6.45) is 4.78. The topological polar surface area (TPSA) is 79.4 Å². The van der Waals surface area contributed by atoms with E-state index in [-0.39, 0.29) is 10.8 Å². The van der Waals surface area contributed by atoms with Crippen molar-refractivity contribution in [2.45, 2.75) is 24.3 Å². The van der Waals surface area contributed by atoms with Crippen LogP contribution in [0.1, 0.15) is 27.9 Å². The number of aromatic nitrogens is 1. The molecule has 154 valence electrons. The van der Waals surface area contributed by atoms with Crippen molar-refractivity contribution in [3.8, 4) is 0 Å². The number of aryl methyl sites for hydroxylation is 1. The van der Waals surface area contributed by atoms with E-state index in [9.17, 15) is 13.2 Å². The summed E-state index contributed by atoms with van der Waals surface area (Å²) < 4.78 is 27.7. The van der Waals surface area contributed by atoms with Crippen LogP contribution in [0.25, 0.3) is 0 Å². The zero-order valence-electron chi connectivity index (χ0n) is 16.1.